The summed E-state index contributed by atoms with van der Waals surface area (Å²) < 4.78 is 5.15. The summed E-state index contributed by atoms with van der Waals surface area (Å²) in [6.45, 7) is 9.03. The Kier molecular flexibility index (Phi) is 4.00. The molecule has 0 bridgehead atoms. The smallest absolute Gasteiger partial charge is 0.157 e. The van der Waals surface area contributed by atoms with Gasteiger partial charge in [-0.3, -0.25) is 4.99 Å². The molecular weight excluding hydrogens is 246 g/mol. The van der Waals surface area contributed by atoms with Crippen LogP contribution in [0.3, 0.4) is 0 Å². The highest BCUT2D eigenvalue weighted by atomic mass is 32.2. The zero-order valence-electron chi connectivity index (χ0n) is 11.5. The lowest BCUT2D eigenvalue weighted by atomic mass is 9.96. The van der Waals surface area contributed by atoms with Gasteiger partial charge in [-0.05, 0) is 33.6 Å². The van der Waals surface area contributed by atoms with Crippen molar-refractivity contribution in [3.63, 3.8) is 0 Å². The summed E-state index contributed by atoms with van der Waals surface area (Å²) in [6, 6.07) is 0. The number of aromatic nitrogens is 1. The number of nitrogens with one attached hydrogen (secondary N) is 1. The Balaban J connectivity index is 2.06. The molecule has 1 N–H and O–H groups in total. The summed E-state index contributed by atoms with van der Waals surface area (Å²) in [5.74, 6) is 2.01. The quantitative estimate of drug-likeness (QED) is 0.914. The van der Waals surface area contributed by atoms with E-state index in [1.165, 1.54) is 6.42 Å². The van der Waals surface area contributed by atoms with Gasteiger partial charge in [0.05, 0.1) is 12.2 Å². The summed E-state index contributed by atoms with van der Waals surface area (Å²) in [4.78, 5) is 4.66. The van der Waals surface area contributed by atoms with Gasteiger partial charge in [-0.25, -0.2) is 0 Å². The van der Waals surface area contributed by atoms with Crippen LogP contribution >= 0.6 is 11.8 Å². The minimum atomic E-state index is 0.197. The van der Waals surface area contributed by atoms with E-state index in [2.05, 4.69) is 29.3 Å². The molecule has 1 fully saturated rings. The van der Waals surface area contributed by atoms with Crippen LogP contribution in [0.25, 0.3) is 0 Å². The SMILES string of the molecule is CCC1(C)CCSC(=NCc2c(C)noc2C)N1. The molecule has 1 atom stereocenters. The first-order valence-corrected chi connectivity index (χ1v) is 7.40. The number of amidine groups is 1. The monoisotopic (exact) mass is 267 g/mol. The van der Waals surface area contributed by atoms with Gasteiger partial charge in [-0.15, -0.1) is 0 Å². The van der Waals surface area contributed by atoms with Crippen LogP contribution in [0.1, 0.15) is 43.7 Å². The van der Waals surface area contributed by atoms with Gasteiger partial charge < -0.3 is 9.84 Å². The van der Waals surface area contributed by atoms with Crippen molar-refractivity contribution in [2.75, 3.05) is 5.75 Å². The van der Waals surface area contributed by atoms with Crippen LogP contribution in [-0.4, -0.2) is 21.6 Å². The number of hydrogen-bond donors (Lipinski definition) is 1. The maximum atomic E-state index is 5.15. The highest BCUT2D eigenvalue weighted by Crippen LogP contribution is 2.25. The zero-order valence-corrected chi connectivity index (χ0v) is 12.4. The Bertz CT molecular complexity index is 436. The summed E-state index contributed by atoms with van der Waals surface area (Å²) in [5.41, 5.74) is 2.24. The molecule has 0 aliphatic carbocycles. The third-order valence-electron chi connectivity index (χ3n) is 3.64. The minimum Gasteiger partial charge on any atom is -0.361 e. The summed E-state index contributed by atoms with van der Waals surface area (Å²) in [6.07, 6.45) is 2.32. The second-order valence-electron chi connectivity index (χ2n) is 5.06. The number of aryl methyl sites for hydroxylation is 2. The van der Waals surface area contributed by atoms with Crippen LogP contribution < -0.4 is 5.32 Å². The molecule has 18 heavy (non-hydrogen) atoms. The standard InChI is InChI=1S/C13H21N3OS/c1-5-13(4)6-7-18-12(15-13)14-8-11-9(2)16-17-10(11)3/h5-8H2,1-4H3,(H,14,15). The molecule has 0 saturated carbocycles. The largest absolute Gasteiger partial charge is 0.361 e. The van der Waals surface area contributed by atoms with Gasteiger partial charge in [-0.1, -0.05) is 23.8 Å². The Morgan fingerprint density at radius 1 is 1.50 bits per heavy atom. The molecule has 1 aliphatic rings. The molecule has 100 valence electrons. The second kappa shape index (κ2) is 5.34. The van der Waals surface area contributed by atoms with Crippen molar-refractivity contribution in [3.05, 3.63) is 17.0 Å². The average Bonchev–Trinajstić information content (AvgIpc) is 2.67. The minimum absolute atomic E-state index is 0.197. The molecule has 1 unspecified atom stereocenters. The Morgan fingerprint density at radius 2 is 2.28 bits per heavy atom. The Hall–Kier alpha value is -0.970. The molecule has 1 saturated heterocycles. The maximum absolute atomic E-state index is 5.15. The van der Waals surface area contributed by atoms with Crippen molar-refractivity contribution in [2.45, 2.75) is 52.6 Å². The van der Waals surface area contributed by atoms with Crippen molar-refractivity contribution in [2.24, 2.45) is 4.99 Å². The number of hydrogen-bond acceptors (Lipinski definition) is 4. The third kappa shape index (κ3) is 2.88. The van der Waals surface area contributed by atoms with E-state index in [0.717, 1.165) is 34.4 Å². The molecule has 1 aromatic heterocycles. The molecule has 0 radical (unpaired) electrons. The fraction of sp³-hybridized carbons (Fsp3) is 0.692. The van der Waals surface area contributed by atoms with E-state index in [1.54, 1.807) is 11.8 Å². The molecule has 0 amide bonds. The lowest BCUT2D eigenvalue weighted by Crippen LogP contribution is -2.48. The van der Waals surface area contributed by atoms with Gasteiger partial charge in [0.15, 0.2) is 5.17 Å². The number of thioether (sulfide) groups is 1. The van der Waals surface area contributed by atoms with Crippen LogP contribution in [0.4, 0.5) is 0 Å². The predicted molar refractivity (Wildman–Crippen MR) is 76.0 cm³/mol. The lowest BCUT2D eigenvalue weighted by molar-refractivity contribution is 0.389. The fourth-order valence-corrected chi connectivity index (χ4v) is 3.18. The molecule has 2 rings (SSSR count). The van der Waals surface area contributed by atoms with Gasteiger partial charge >= 0.3 is 0 Å². The molecule has 2 heterocycles. The van der Waals surface area contributed by atoms with Gasteiger partial charge in [0, 0.05) is 16.9 Å². The average molecular weight is 267 g/mol. The fourth-order valence-electron chi connectivity index (χ4n) is 1.96. The summed E-state index contributed by atoms with van der Waals surface area (Å²) in [5, 5.41) is 8.54. The van der Waals surface area contributed by atoms with Crippen molar-refractivity contribution in [3.8, 4) is 0 Å². The predicted octanol–water partition coefficient (Wildman–Crippen LogP) is 3.04. The van der Waals surface area contributed by atoms with E-state index in [9.17, 15) is 0 Å². The van der Waals surface area contributed by atoms with E-state index < -0.39 is 0 Å². The number of aliphatic imine (C=N–C) groups is 1. The van der Waals surface area contributed by atoms with E-state index in [1.807, 2.05) is 13.8 Å². The summed E-state index contributed by atoms with van der Waals surface area (Å²) >= 11 is 1.80. The van der Waals surface area contributed by atoms with Crippen LogP contribution in [0.15, 0.2) is 9.52 Å². The van der Waals surface area contributed by atoms with Crippen molar-refractivity contribution >= 4 is 16.9 Å². The number of nitrogens with zero attached hydrogens (tertiary/aromatic N) is 2. The molecule has 1 aromatic rings. The first kappa shape index (κ1) is 13.5. The van der Waals surface area contributed by atoms with Crippen molar-refractivity contribution in [1.29, 1.82) is 0 Å². The van der Waals surface area contributed by atoms with E-state index in [0.29, 0.717) is 6.54 Å². The highest BCUT2D eigenvalue weighted by molar-refractivity contribution is 8.13. The molecule has 4 nitrogen and oxygen atoms in total. The first-order valence-electron chi connectivity index (χ1n) is 6.41. The van der Waals surface area contributed by atoms with Gasteiger partial charge in [-0.2, -0.15) is 0 Å². The van der Waals surface area contributed by atoms with Crippen molar-refractivity contribution in [1.82, 2.24) is 10.5 Å². The molecule has 5 heteroatoms. The van der Waals surface area contributed by atoms with Crippen LogP contribution in [0.5, 0.6) is 0 Å². The second-order valence-corrected chi connectivity index (χ2v) is 6.15. The maximum Gasteiger partial charge on any atom is 0.157 e. The molecule has 0 spiro atoms. The third-order valence-corrected chi connectivity index (χ3v) is 4.56. The number of rotatable bonds is 3. The van der Waals surface area contributed by atoms with E-state index in [4.69, 9.17) is 4.52 Å². The van der Waals surface area contributed by atoms with E-state index >= 15 is 0 Å². The van der Waals surface area contributed by atoms with Crippen LogP contribution in [0.2, 0.25) is 0 Å². The van der Waals surface area contributed by atoms with Gasteiger partial charge in [0.1, 0.15) is 5.76 Å². The van der Waals surface area contributed by atoms with Crippen LogP contribution in [0, 0.1) is 13.8 Å². The van der Waals surface area contributed by atoms with Gasteiger partial charge in [0.2, 0.25) is 0 Å². The van der Waals surface area contributed by atoms with Crippen LogP contribution in [-0.2, 0) is 6.54 Å². The first-order chi connectivity index (χ1) is 8.54. The normalized spacial score (nSPS) is 26.3. The van der Waals surface area contributed by atoms with Crippen molar-refractivity contribution < 1.29 is 4.52 Å². The molecular formula is C13H21N3OS. The Morgan fingerprint density at radius 3 is 2.89 bits per heavy atom. The van der Waals surface area contributed by atoms with E-state index in [-0.39, 0.29) is 5.54 Å². The summed E-state index contributed by atoms with van der Waals surface area (Å²) in [7, 11) is 0. The lowest BCUT2D eigenvalue weighted by Gasteiger charge is -2.35. The van der Waals surface area contributed by atoms with Gasteiger partial charge in [0.25, 0.3) is 0 Å². The Labute approximate surface area is 113 Å². The molecule has 1 aliphatic heterocycles. The highest BCUT2D eigenvalue weighted by Gasteiger charge is 2.27. The topological polar surface area (TPSA) is 50.4 Å². The zero-order chi connectivity index (χ0) is 13.2. The molecule has 0 aromatic carbocycles.